The average Bonchev–Trinajstić information content (AvgIpc) is 3.20. The first-order valence-corrected chi connectivity index (χ1v) is 13.5. The lowest BCUT2D eigenvalue weighted by atomic mass is 10.2. The number of carbonyl (C=O) groups excluding carboxylic acids is 1. The van der Waals surface area contributed by atoms with Crippen molar-refractivity contribution in [3.05, 3.63) is 107 Å². The second-order valence-electron chi connectivity index (χ2n) is 9.38. The molecule has 1 unspecified atom stereocenters. The number of amides is 1. The Morgan fingerprint density at radius 1 is 0.811 bits per heavy atom. The van der Waals surface area contributed by atoms with E-state index in [2.05, 4.69) is 34.1 Å². The van der Waals surface area contributed by atoms with E-state index in [9.17, 15) is 9.90 Å². The van der Waals surface area contributed by atoms with Gasteiger partial charge in [-0.05, 0) is 41.1 Å². The average molecular weight is 513 g/mol. The number of benzene rings is 3. The molecule has 2 saturated heterocycles. The summed E-state index contributed by atoms with van der Waals surface area (Å²) in [5.41, 5.74) is 3.08. The van der Waals surface area contributed by atoms with Crippen LogP contribution in [0.3, 0.4) is 0 Å². The summed E-state index contributed by atoms with van der Waals surface area (Å²) < 4.78 is 0. The normalized spacial score (nSPS) is 20.1. The van der Waals surface area contributed by atoms with Crippen molar-refractivity contribution in [2.75, 3.05) is 39.3 Å². The number of amidine groups is 1. The van der Waals surface area contributed by atoms with Crippen LogP contribution < -0.4 is 0 Å². The Bertz CT molecular complexity index is 1230. The summed E-state index contributed by atoms with van der Waals surface area (Å²) >= 11 is 1.36. The lowest BCUT2D eigenvalue weighted by molar-refractivity contribution is -0.123. The maximum Gasteiger partial charge on any atom is 0.266 e. The fourth-order valence-corrected chi connectivity index (χ4v) is 5.61. The summed E-state index contributed by atoms with van der Waals surface area (Å²) in [5.74, 6) is -0.115. The molecule has 0 aromatic heterocycles. The molecule has 37 heavy (non-hydrogen) atoms. The summed E-state index contributed by atoms with van der Waals surface area (Å²) in [4.78, 5) is 25.1. The number of aliphatic imine (C=N–C) groups is 1. The number of nitrogens with zero attached hydrogens (tertiary/aromatic N) is 4. The Kier molecular flexibility index (Phi) is 8.48. The van der Waals surface area contributed by atoms with Crippen LogP contribution in [-0.4, -0.2) is 76.3 Å². The van der Waals surface area contributed by atoms with Gasteiger partial charge in [0.2, 0.25) is 0 Å². The van der Waals surface area contributed by atoms with E-state index in [1.165, 1.54) is 17.3 Å². The topological polar surface area (TPSA) is 59.4 Å². The molecule has 0 aliphatic carbocycles. The predicted octanol–water partition coefficient (Wildman–Crippen LogP) is 4.47. The van der Waals surface area contributed by atoms with E-state index in [1.54, 1.807) is 4.90 Å². The predicted molar refractivity (Wildman–Crippen MR) is 151 cm³/mol. The third kappa shape index (κ3) is 6.96. The zero-order chi connectivity index (χ0) is 25.5. The van der Waals surface area contributed by atoms with Gasteiger partial charge < -0.3 is 5.11 Å². The van der Waals surface area contributed by atoms with Gasteiger partial charge in [0.05, 0.1) is 23.2 Å². The highest BCUT2D eigenvalue weighted by Crippen LogP contribution is 2.34. The quantitative estimate of drug-likeness (QED) is 0.452. The van der Waals surface area contributed by atoms with Crippen LogP contribution in [0.1, 0.15) is 11.1 Å². The highest BCUT2D eigenvalue weighted by molar-refractivity contribution is 8.18. The van der Waals surface area contributed by atoms with E-state index >= 15 is 0 Å². The van der Waals surface area contributed by atoms with E-state index in [1.807, 2.05) is 72.8 Å². The second kappa shape index (κ2) is 12.3. The standard InChI is InChI=1S/C30H32N4O2S/c35-27(22-33-18-16-32(17-19-33)21-25-12-6-2-7-13-25)23-34-29(36)28(20-24-10-4-1-5-11-24)37-30(34)31-26-14-8-3-9-15-26/h1-15,20,27,35H,16-19,21-23H2/b28-20+,31-30?. The van der Waals surface area contributed by atoms with Crippen molar-refractivity contribution < 1.29 is 9.90 Å². The first kappa shape index (κ1) is 25.4. The van der Waals surface area contributed by atoms with Crippen molar-refractivity contribution in [1.82, 2.24) is 14.7 Å². The van der Waals surface area contributed by atoms with Gasteiger partial charge in [0.1, 0.15) is 0 Å². The van der Waals surface area contributed by atoms with Gasteiger partial charge in [-0.2, -0.15) is 0 Å². The molecule has 1 amide bonds. The number of β-amino-alcohol motifs (C(OH)–C–C–N with tert-alkyl or cyclic N) is 1. The van der Waals surface area contributed by atoms with Crippen LogP contribution in [0, 0.1) is 0 Å². The molecule has 1 atom stereocenters. The monoisotopic (exact) mass is 512 g/mol. The van der Waals surface area contributed by atoms with Gasteiger partial charge in [0, 0.05) is 39.3 Å². The van der Waals surface area contributed by atoms with Gasteiger partial charge in [0.25, 0.3) is 5.91 Å². The molecular weight excluding hydrogens is 480 g/mol. The van der Waals surface area contributed by atoms with Crippen molar-refractivity contribution in [3.63, 3.8) is 0 Å². The Hall–Kier alpha value is -3.23. The molecule has 1 N–H and O–H groups in total. The highest BCUT2D eigenvalue weighted by Gasteiger charge is 2.35. The largest absolute Gasteiger partial charge is 0.390 e. The number of rotatable bonds is 8. The van der Waals surface area contributed by atoms with E-state index in [-0.39, 0.29) is 12.5 Å². The SMILES string of the molecule is O=C1/C(=C\c2ccccc2)SC(=Nc2ccccc2)N1CC(O)CN1CCN(Cc2ccccc2)CC1. The zero-order valence-electron chi connectivity index (χ0n) is 20.8. The van der Waals surface area contributed by atoms with Crippen molar-refractivity contribution in [1.29, 1.82) is 0 Å². The maximum atomic E-state index is 13.4. The summed E-state index contributed by atoms with van der Waals surface area (Å²) in [6, 6.07) is 30.0. The van der Waals surface area contributed by atoms with E-state index in [0.29, 0.717) is 16.6 Å². The van der Waals surface area contributed by atoms with Crippen LogP contribution in [0.4, 0.5) is 5.69 Å². The summed E-state index contributed by atoms with van der Waals surface area (Å²) in [5, 5.41) is 11.6. The number of para-hydroxylation sites is 1. The van der Waals surface area contributed by atoms with E-state index in [4.69, 9.17) is 4.99 Å². The van der Waals surface area contributed by atoms with Crippen molar-refractivity contribution in [2.24, 2.45) is 4.99 Å². The van der Waals surface area contributed by atoms with Crippen LogP contribution >= 0.6 is 11.8 Å². The molecule has 2 heterocycles. The van der Waals surface area contributed by atoms with E-state index in [0.717, 1.165) is 44.0 Å². The Morgan fingerprint density at radius 2 is 1.41 bits per heavy atom. The minimum absolute atomic E-state index is 0.115. The molecule has 0 spiro atoms. The summed E-state index contributed by atoms with van der Waals surface area (Å²) in [7, 11) is 0. The molecule has 3 aromatic rings. The van der Waals surface area contributed by atoms with Gasteiger partial charge in [0.15, 0.2) is 5.17 Å². The molecule has 0 saturated carbocycles. The fraction of sp³-hybridized carbons (Fsp3) is 0.267. The Balaban J connectivity index is 1.22. The zero-order valence-corrected chi connectivity index (χ0v) is 21.6. The number of thioether (sulfide) groups is 1. The van der Waals surface area contributed by atoms with E-state index < -0.39 is 6.10 Å². The first-order chi connectivity index (χ1) is 18.1. The van der Waals surface area contributed by atoms with Crippen LogP contribution in [0.5, 0.6) is 0 Å². The molecule has 2 aliphatic heterocycles. The van der Waals surface area contributed by atoms with Gasteiger partial charge in [-0.15, -0.1) is 0 Å². The lowest BCUT2D eigenvalue weighted by Crippen LogP contribution is -2.50. The Morgan fingerprint density at radius 3 is 2.08 bits per heavy atom. The summed E-state index contributed by atoms with van der Waals surface area (Å²) in [6.07, 6.45) is 1.23. The molecule has 2 fully saturated rings. The third-order valence-corrected chi connectivity index (χ3v) is 7.55. The van der Waals surface area contributed by atoms with Crippen molar-refractivity contribution in [2.45, 2.75) is 12.6 Å². The molecule has 190 valence electrons. The van der Waals surface area contributed by atoms with Crippen LogP contribution in [-0.2, 0) is 11.3 Å². The van der Waals surface area contributed by atoms with Gasteiger partial charge in [-0.25, -0.2) is 4.99 Å². The number of piperazine rings is 1. The first-order valence-electron chi connectivity index (χ1n) is 12.7. The minimum Gasteiger partial charge on any atom is -0.390 e. The van der Waals surface area contributed by atoms with Crippen LogP contribution in [0.25, 0.3) is 6.08 Å². The molecule has 3 aromatic carbocycles. The molecule has 5 rings (SSSR count). The molecule has 6 nitrogen and oxygen atoms in total. The lowest BCUT2D eigenvalue weighted by Gasteiger charge is -2.36. The smallest absolute Gasteiger partial charge is 0.266 e. The minimum atomic E-state index is -0.665. The molecule has 0 radical (unpaired) electrons. The molecular formula is C30H32N4O2S. The third-order valence-electron chi connectivity index (χ3n) is 6.54. The van der Waals surface area contributed by atoms with Gasteiger partial charge >= 0.3 is 0 Å². The number of hydrogen-bond donors (Lipinski definition) is 1. The van der Waals surface area contributed by atoms with Crippen molar-refractivity contribution in [3.8, 4) is 0 Å². The maximum absolute atomic E-state index is 13.4. The highest BCUT2D eigenvalue weighted by atomic mass is 32.2. The van der Waals surface area contributed by atoms with Gasteiger partial charge in [-0.3, -0.25) is 19.5 Å². The number of aliphatic hydroxyl groups excluding tert-OH is 1. The number of carbonyl (C=O) groups is 1. The second-order valence-corrected chi connectivity index (χ2v) is 10.4. The summed E-state index contributed by atoms with van der Waals surface area (Å²) in [6.45, 7) is 5.42. The number of hydrogen-bond acceptors (Lipinski definition) is 6. The Labute approximate surface area is 222 Å². The fourth-order valence-electron chi connectivity index (χ4n) is 4.60. The molecule has 0 bridgehead atoms. The van der Waals surface area contributed by atoms with Crippen LogP contribution in [0.2, 0.25) is 0 Å². The molecule has 7 heteroatoms. The van der Waals surface area contributed by atoms with Crippen LogP contribution in [0.15, 0.2) is 101 Å². The number of aliphatic hydroxyl groups is 1. The van der Waals surface area contributed by atoms with Gasteiger partial charge in [-0.1, -0.05) is 78.9 Å². The van der Waals surface area contributed by atoms with Crippen molar-refractivity contribution >= 4 is 34.6 Å². The molecule has 2 aliphatic rings.